The number of likely N-dealkylation sites (tertiary alicyclic amines) is 1. The van der Waals surface area contributed by atoms with Crippen molar-refractivity contribution in [1.29, 1.82) is 0 Å². The molecule has 1 aromatic carbocycles. The Balaban J connectivity index is 1.43. The molecule has 9 heteroatoms. The van der Waals surface area contributed by atoms with Gasteiger partial charge in [-0.3, -0.25) is 9.59 Å². The van der Waals surface area contributed by atoms with Crippen LogP contribution in [0.5, 0.6) is 5.75 Å². The maximum atomic E-state index is 13.5. The number of anilines is 2. The summed E-state index contributed by atoms with van der Waals surface area (Å²) in [4.78, 5) is 33.9. The molecule has 1 aromatic heterocycles. The lowest BCUT2D eigenvalue weighted by Crippen LogP contribution is -2.32. The van der Waals surface area contributed by atoms with Crippen molar-refractivity contribution in [2.45, 2.75) is 18.9 Å². The van der Waals surface area contributed by atoms with E-state index in [2.05, 4.69) is 4.98 Å². The number of hydrogen-bond donors (Lipinski definition) is 0. The van der Waals surface area contributed by atoms with Crippen molar-refractivity contribution in [2.24, 2.45) is 0 Å². The molecule has 0 bridgehead atoms. The van der Waals surface area contributed by atoms with Crippen molar-refractivity contribution < 1.29 is 23.1 Å². The Morgan fingerprint density at radius 2 is 2.07 bits per heavy atom. The molecule has 3 aliphatic heterocycles. The maximum Gasteiger partial charge on any atom is 0.267 e. The Morgan fingerprint density at radius 1 is 1.23 bits per heavy atom. The zero-order valence-corrected chi connectivity index (χ0v) is 16.4. The van der Waals surface area contributed by atoms with Gasteiger partial charge < -0.3 is 19.4 Å². The minimum absolute atomic E-state index is 0.00713. The van der Waals surface area contributed by atoms with E-state index in [0.717, 1.165) is 16.2 Å². The van der Waals surface area contributed by atoms with E-state index >= 15 is 0 Å². The fourth-order valence-electron chi connectivity index (χ4n) is 4.18. The zero-order valence-electron chi connectivity index (χ0n) is 16.4. The summed E-state index contributed by atoms with van der Waals surface area (Å²) < 4.78 is 32.6. The molecular formula is C21H20F2N4O3. The topological polar surface area (TPSA) is 66.0 Å². The molecule has 4 heterocycles. The first kappa shape index (κ1) is 18.8. The minimum atomic E-state index is -2.84. The summed E-state index contributed by atoms with van der Waals surface area (Å²) in [7, 11) is 1.77. The van der Waals surface area contributed by atoms with Gasteiger partial charge in [-0.1, -0.05) is 0 Å². The Hall–Kier alpha value is -3.23. The molecule has 0 unspecified atom stereocenters. The summed E-state index contributed by atoms with van der Waals surface area (Å²) in [5, 5.41) is 0. The number of rotatable bonds is 2. The predicted molar refractivity (Wildman–Crippen MR) is 104 cm³/mol. The van der Waals surface area contributed by atoms with Gasteiger partial charge in [0.1, 0.15) is 6.61 Å². The monoisotopic (exact) mass is 414 g/mol. The molecule has 0 spiro atoms. The summed E-state index contributed by atoms with van der Waals surface area (Å²) >= 11 is 0. The normalized spacial score (nSPS) is 19.6. The van der Waals surface area contributed by atoms with E-state index < -0.39 is 18.4 Å². The molecule has 0 saturated carbocycles. The average molecular weight is 414 g/mol. The molecule has 156 valence electrons. The molecule has 2 aromatic rings. The van der Waals surface area contributed by atoms with Gasteiger partial charge in [-0.15, -0.1) is 0 Å². The molecule has 0 aliphatic carbocycles. The van der Waals surface area contributed by atoms with Crippen LogP contribution in [-0.2, 0) is 6.54 Å². The largest absolute Gasteiger partial charge is 0.488 e. The van der Waals surface area contributed by atoms with E-state index in [1.807, 2.05) is 23.1 Å². The molecule has 7 nitrogen and oxygen atoms in total. The van der Waals surface area contributed by atoms with Crippen LogP contribution < -0.4 is 9.64 Å². The van der Waals surface area contributed by atoms with Crippen LogP contribution in [0.3, 0.4) is 0 Å². The van der Waals surface area contributed by atoms with Gasteiger partial charge >= 0.3 is 0 Å². The van der Waals surface area contributed by atoms with Crippen molar-refractivity contribution in [3.05, 3.63) is 47.2 Å². The van der Waals surface area contributed by atoms with Gasteiger partial charge in [0.25, 0.3) is 17.7 Å². The van der Waals surface area contributed by atoms with Crippen molar-refractivity contribution >= 4 is 23.3 Å². The number of benzene rings is 1. The SMILES string of the molecule is CN1Cc2cc(N3CCOc4cc(C(=O)N5CCC(F)(F)C5)cnc43)ccc2C1=O. The Bertz CT molecular complexity index is 1060. The molecule has 3 aliphatic rings. The van der Waals surface area contributed by atoms with Crippen LogP contribution in [-0.4, -0.2) is 65.8 Å². The number of alkyl halides is 2. The highest BCUT2D eigenvalue weighted by Gasteiger charge is 2.40. The fraction of sp³-hybridized carbons (Fsp3) is 0.381. The highest BCUT2D eigenvalue weighted by atomic mass is 19.3. The van der Waals surface area contributed by atoms with Crippen LogP contribution in [0, 0.1) is 0 Å². The van der Waals surface area contributed by atoms with E-state index in [0.29, 0.717) is 36.8 Å². The number of aromatic nitrogens is 1. The maximum absolute atomic E-state index is 13.5. The highest BCUT2D eigenvalue weighted by Crippen LogP contribution is 2.37. The summed E-state index contributed by atoms with van der Waals surface area (Å²) in [5.74, 6) is -2.31. The number of halogens is 2. The van der Waals surface area contributed by atoms with Gasteiger partial charge in [0.05, 0.1) is 18.7 Å². The molecular weight excluding hydrogens is 394 g/mol. The summed E-state index contributed by atoms with van der Waals surface area (Å²) in [6.07, 6.45) is 1.08. The van der Waals surface area contributed by atoms with Crippen LogP contribution in [0.2, 0.25) is 0 Å². The van der Waals surface area contributed by atoms with Crippen LogP contribution >= 0.6 is 0 Å². The summed E-state index contributed by atoms with van der Waals surface area (Å²) in [6, 6.07) is 7.23. The highest BCUT2D eigenvalue weighted by molar-refractivity contribution is 5.99. The van der Waals surface area contributed by atoms with Crippen LogP contribution in [0.25, 0.3) is 0 Å². The number of amides is 2. The van der Waals surface area contributed by atoms with Crippen LogP contribution in [0.15, 0.2) is 30.5 Å². The average Bonchev–Trinajstić information content (AvgIpc) is 3.24. The Morgan fingerprint density at radius 3 is 2.83 bits per heavy atom. The molecule has 5 rings (SSSR count). The number of carbonyl (C=O) groups is 2. The second-order valence-electron chi connectivity index (χ2n) is 7.88. The smallest absolute Gasteiger partial charge is 0.267 e. The number of fused-ring (bicyclic) bond motifs is 2. The number of carbonyl (C=O) groups excluding carboxylic acids is 2. The van der Waals surface area contributed by atoms with E-state index in [-0.39, 0.29) is 24.4 Å². The van der Waals surface area contributed by atoms with E-state index in [4.69, 9.17) is 4.74 Å². The van der Waals surface area contributed by atoms with Crippen LogP contribution in [0.4, 0.5) is 20.3 Å². The Labute approximate surface area is 171 Å². The number of nitrogens with zero attached hydrogens (tertiary/aromatic N) is 4. The van der Waals surface area contributed by atoms with Crippen molar-refractivity contribution in [3.63, 3.8) is 0 Å². The fourth-order valence-corrected chi connectivity index (χ4v) is 4.18. The van der Waals surface area contributed by atoms with Gasteiger partial charge in [0.15, 0.2) is 11.6 Å². The summed E-state index contributed by atoms with van der Waals surface area (Å²) in [6.45, 7) is 0.967. The molecule has 2 amide bonds. The lowest BCUT2D eigenvalue weighted by molar-refractivity contribution is 0.0120. The number of hydrogen-bond acceptors (Lipinski definition) is 5. The second kappa shape index (κ2) is 6.65. The molecule has 1 fully saturated rings. The van der Waals surface area contributed by atoms with Gasteiger partial charge in [-0.2, -0.15) is 0 Å². The van der Waals surface area contributed by atoms with E-state index in [9.17, 15) is 18.4 Å². The minimum Gasteiger partial charge on any atom is -0.488 e. The third kappa shape index (κ3) is 3.05. The van der Waals surface area contributed by atoms with Gasteiger partial charge in [0.2, 0.25) is 0 Å². The quantitative estimate of drug-likeness (QED) is 0.756. The number of pyridine rings is 1. The van der Waals surface area contributed by atoms with Gasteiger partial charge in [0, 0.05) is 44.0 Å². The zero-order chi connectivity index (χ0) is 21.0. The molecule has 1 saturated heterocycles. The van der Waals surface area contributed by atoms with E-state index in [1.54, 1.807) is 18.0 Å². The Kier molecular flexibility index (Phi) is 4.16. The molecule has 0 radical (unpaired) electrons. The lowest BCUT2D eigenvalue weighted by Gasteiger charge is -2.30. The first-order valence-corrected chi connectivity index (χ1v) is 9.78. The van der Waals surface area contributed by atoms with Crippen molar-refractivity contribution in [3.8, 4) is 5.75 Å². The van der Waals surface area contributed by atoms with E-state index in [1.165, 1.54) is 6.20 Å². The number of ether oxygens (including phenoxy) is 1. The predicted octanol–water partition coefficient (Wildman–Crippen LogP) is 2.68. The van der Waals surface area contributed by atoms with Gasteiger partial charge in [-0.25, -0.2) is 13.8 Å². The molecule has 0 atom stereocenters. The second-order valence-corrected chi connectivity index (χ2v) is 7.88. The lowest BCUT2D eigenvalue weighted by atomic mass is 10.1. The van der Waals surface area contributed by atoms with Crippen LogP contribution in [0.1, 0.15) is 32.7 Å². The first-order chi connectivity index (χ1) is 14.3. The standard InChI is InChI=1S/C21H20F2N4O3/c1-25-11-14-8-15(2-3-16(14)20(25)29)27-6-7-30-17-9-13(10-24-18(17)27)19(28)26-5-4-21(22,23)12-26/h2-3,8-10H,4-7,11-12H2,1H3. The first-order valence-electron chi connectivity index (χ1n) is 9.78. The van der Waals surface area contributed by atoms with Crippen molar-refractivity contribution in [2.75, 3.05) is 38.2 Å². The molecule has 0 N–H and O–H groups in total. The molecule has 30 heavy (non-hydrogen) atoms. The third-order valence-electron chi connectivity index (χ3n) is 5.75. The third-order valence-corrected chi connectivity index (χ3v) is 5.75. The van der Waals surface area contributed by atoms with Gasteiger partial charge in [-0.05, 0) is 29.8 Å². The summed E-state index contributed by atoms with van der Waals surface area (Å²) in [5.41, 5.74) is 2.77. The van der Waals surface area contributed by atoms with Crippen molar-refractivity contribution in [1.82, 2.24) is 14.8 Å².